The van der Waals surface area contributed by atoms with Gasteiger partial charge < -0.3 is 9.64 Å². The first-order chi connectivity index (χ1) is 9.58. The summed E-state index contributed by atoms with van der Waals surface area (Å²) in [6.45, 7) is 10.5. The Morgan fingerprint density at radius 2 is 2.14 bits per heavy atom. The molecule has 21 heavy (non-hydrogen) atoms. The third-order valence-corrected chi connectivity index (χ3v) is 4.12. The van der Waals surface area contributed by atoms with Gasteiger partial charge in [0.1, 0.15) is 5.60 Å². The van der Waals surface area contributed by atoms with Gasteiger partial charge in [0.15, 0.2) is 0 Å². The minimum Gasteiger partial charge on any atom is -0.444 e. The first-order valence-electron chi connectivity index (χ1n) is 7.29. The number of halogens is 1. The molecule has 0 saturated carbocycles. The van der Waals surface area contributed by atoms with E-state index in [1.165, 1.54) is 0 Å². The topological polar surface area (TPSA) is 47.4 Å². The van der Waals surface area contributed by atoms with Gasteiger partial charge in [-0.15, -0.1) is 0 Å². The predicted octanol–water partition coefficient (Wildman–Crippen LogP) is 4.00. The molecule has 6 heteroatoms. The number of carbonyl (C=O) groups is 1. The summed E-state index contributed by atoms with van der Waals surface area (Å²) in [4.78, 5) is 14.2. The molecule has 0 aromatic carbocycles. The molecule has 0 bridgehead atoms. The number of nitrogens with zero attached hydrogens (tertiary/aromatic N) is 3. The zero-order valence-electron chi connectivity index (χ0n) is 13.4. The van der Waals surface area contributed by atoms with Crippen LogP contribution in [0.25, 0.3) is 0 Å². The highest BCUT2D eigenvalue weighted by molar-refractivity contribution is 9.10. The number of amides is 1. The minimum absolute atomic E-state index is 0.229. The van der Waals surface area contributed by atoms with Gasteiger partial charge in [-0.1, -0.05) is 0 Å². The van der Waals surface area contributed by atoms with Gasteiger partial charge in [0.2, 0.25) is 0 Å². The lowest BCUT2D eigenvalue weighted by Gasteiger charge is -2.45. The molecule has 0 radical (unpaired) electrons. The minimum atomic E-state index is -0.461. The highest BCUT2D eigenvalue weighted by atomic mass is 79.9. The number of carbonyl (C=O) groups excluding carboxylic acids is 1. The molecule has 118 valence electrons. The molecular weight excluding hydrogens is 334 g/mol. The number of piperidine rings is 1. The van der Waals surface area contributed by atoms with Crippen molar-refractivity contribution in [2.24, 2.45) is 0 Å². The summed E-state index contributed by atoms with van der Waals surface area (Å²) >= 11 is 3.43. The number of hydrogen-bond donors (Lipinski definition) is 0. The Bertz CT molecular complexity index is 519. The average molecular weight is 358 g/mol. The molecule has 0 aliphatic carbocycles. The van der Waals surface area contributed by atoms with Crippen LogP contribution in [0.3, 0.4) is 0 Å². The molecule has 1 aliphatic heterocycles. The molecule has 1 saturated heterocycles. The summed E-state index contributed by atoms with van der Waals surface area (Å²) in [6, 6.07) is 0.310. The van der Waals surface area contributed by atoms with E-state index in [1.54, 1.807) is 6.20 Å². The summed E-state index contributed by atoms with van der Waals surface area (Å²) in [5.74, 6) is 0. The van der Waals surface area contributed by atoms with Crippen molar-refractivity contribution in [2.45, 2.75) is 64.6 Å². The summed E-state index contributed by atoms with van der Waals surface area (Å²) in [6.07, 6.45) is 5.31. The number of hydrogen-bond acceptors (Lipinski definition) is 3. The fourth-order valence-corrected chi connectivity index (χ4v) is 3.07. The van der Waals surface area contributed by atoms with E-state index in [0.717, 1.165) is 17.3 Å². The fraction of sp³-hybridized carbons (Fsp3) is 0.733. The Hall–Kier alpha value is -1.04. The van der Waals surface area contributed by atoms with Gasteiger partial charge in [-0.3, -0.25) is 4.68 Å². The van der Waals surface area contributed by atoms with Gasteiger partial charge in [0.25, 0.3) is 0 Å². The van der Waals surface area contributed by atoms with Crippen molar-refractivity contribution in [1.29, 1.82) is 0 Å². The molecule has 1 atom stereocenters. The van der Waals surface area contributed by atoms with Crippen molar-refractivity contribution >= 4 is 22.0 Å². The van der Waals surface area contributed by atoms with Crippen LogP contribution in [0.4, 0.5) is 4.79 Å². The monoisotopic (exact) mass is 357 g/mol. The second-order valence-corrected chi connectivity index (χ2v) is 8.15. The lowest BCUT2D eigenvalue weighted by Crippen LogP contribution is -2.54. The quantitative estimate of drug-likeness (QED) is 0.763. The van der Waals surface area contributed by atoms with Crippen LogP contribution in [0.5, 0.6) is 0 Å². The number of likely N-dealkylation sites (tertiary alicyclic amines) is 1. The smallest absolute Gasteiger partial charge is 0.410 e. The highest BCUT2D eigenvalue weighted by Crippen LogP contribution is 2.35. The number of aromatic nitrogens is 2. The van der Waals surface area contributed by atoms with E-state index in [2.05, 4.69) is 34.9 Å². The second kappa shape index (κ2) is 5.63. The van der Waals surface area contributed by atoms with Crippen molar-refractivity contribution in [3.63, 3.8) is 0 Å². The number of ether oxygens (including phenoxy) is 1. The molecule has 1 aromatic rings. The van der Waals surface area contributed by atoms with Crippen molar-refractivity contribution in [2.75, 3.05) is 6.54 Å². The van der Waals surface area contributed by atoms with E-state index in [0.29, 0.717) is 12.6 Å². The van der Waals surface area contributed by atoms with Crippen LogP contribution in [0.15, 0.2) is 16.9 Å². The maximum absolute atomic E-state index is 12.4. The molecule has 1 aliphatic rings. The van der Waals surface area contributed by atoms with Crippen molar-refractivity contribution in [3.05, 3.63) is 16.9 Å². The van der Waals surface area contributed by atoms with E-state index in [-0.39, 0.29) is 11.6 Å². The second-order valence-electron chi connectivity index (χ2n) is 7.23. The van der Waals surface area contributed by atoms with E-state index < -0.39 is 5.60 Å². The van der Waals surface area contributed by atoms with E-state index in [9.17, 15) is 4.79 Å². The summed E-state index contributed by atoms with van der Waals surface area (Å²) in [5, 5.41) is 4.37. The Kier molecular flexibility index (Phi) is 4.38. The molecular formula is C15H24BrN3O2. The van der Waals surface area contributed by atoms with E-state index >= 15 is 0 Å². The van der Waals surface area contributed by atoms with Crippen LogP contribution < -0.4 is 0 Å². The van der Waals surface area contributed by atoms with E-state index in [4.69, 9.17) is 4.74 Å². The Labute approximate surface area is 134 Å². The van der Waals surface area contributed by atoms with Gasteiger partial charge in [-0.05, 0) is 63.4 Å². The lowest BCUT2D eigenvalue weighted by atomic mass is 9.87. The van der Waals surface area contributed by atoms with Crippen LogP contribution in [0, 0.1) is 0 Å². The SMILES string of the molecule is CC(C)(C)OC(=O)N1CCC(n2cc(Br)cn2)CC1(C)C. The van der Waals surface area contributed by atoms with Crippen LogP contribution >= 0.6 is 15.9 Å². The maximum Gasteiger partial charge on any atom is 0.410 e. The average Bonchev–Trinajstić information content (AvgIpc) is 2.71. The highest BCUT2D eigenvalue weighted by Gasteiger charge is 2.40. The van der Waals surface area contributed by atoms with Crippen molar-refractivity contribution in [1.82, 2.24) is 14.7 Å². The summed E-state index contributed by atoms with van der Waals surface area (Å²) in [7, 11) is 0. The predicted molar refractivity (Wildman–Crippen MR) is 85.2 cm³/mol. The molecule has 1 amide bonds. The molecule has 0 N–H and O–H groups in total. The summed E-state index contributed by atoms with van der Waals surface area (Å²) in [5.41, 5.74) is -0.708. The standard InChI is InChI=1S/C15H24BrN3O2/c1-14(2,3)21-13(20)18-7-6-12(8-15(18,4)5)19-10-11(16)9-17-19/h9-10,12H,6-8H2,1-5H3. The zero-order chi connectivity index (χ0) is 15.8. The third kappa shape index (κ3) is 3.99. The first kappa shape index (κ1) is 16.3. The molecule has 5 nitrogen and oxygen atoms in total. The Morgan fingerprint density at radius 3 is 2.62 bits per heavy atom. The lowest BCUT2D eigenvalue weighted by molar-refractivity contribution is -0.0143. The molecule has 1 unspecified atom stereocenters. The number of rotatable bonds is 1. The van der Waals surface area contributed by atoms with Crippen LogP contribution in [0.1, 0.15) is 53.5 Å². The normalized spacial score (nSPS) is 22.2. The van der Waals surface area contributed by atoms with Gasteiger partial charge in [-0.25, -0.2) is 4.79 Å². The fourth-order valence-electron chi connectivity index (χ4n) is 2.77. The molecule has 0 spiro atoms. The zero-order valence-corrected chi connectivity index (χ0v) is 15.0. The molecule has 1 fully saturated rings. The van der Waals surface area contributed by atoms with Crippen LogP contribution in [-0.2, 0) is 4.74 Å². The van der Waals surface area contributed by atoms with Crippen molar-refractivity contribution in [3.8, 4) is 0 Å². The van der Waals surface area contributed by atoms with Gasteiger partial charge in [0, 0.05) is 18.3 Å². The largest absolute Gasteiger partial charge is 0.444 e. The van der Waals surface area contributed by atoms with Gasteiger partial charge in [0.05, 0.1) is 16.7 Å². The third-order valence-electron chi connectivity index (χ3n) is 3.71. The summed E-state index contributed by atoms with van der Waals surface area (Å²) < 4.78 is 8.48. The first-order valence-corrected chi connectivity index (χ1v) is 8.08. The molecule has 1 aromatic heterocycles. The van der Waals surface area contributed by atoms with Gasteiger partial charge in [-0.2, -0.15) is 5.10 Å². The Morgan fingerprint density at radius 1 is 1.48 bits per heavy atom. The van der Waals surface area contributed by atoms with Crippen LogP contribution in [0.2, 0.25) is 0 Å². The van der Waals surface area contributed by atoms with Crippen LogP contribution in [-0.4, -0.2) is 38.5 Å². The maximum atomic E-state index is 12.4. The van der Waals surface area contributed by atoms with E-state index in [1.807, 2.05) is 36.5 Å². The van der Waals surface area contributed by atoms with Gasteiger partial charge >= 0.3 is 6.09 Å². The Balaban J connectivity index is 2.08. The molecule has 2 rings (SSSR count). The van der Waals surface area contributed by atoms with Crippen molar-refractivity contribution < 1.29 is 9.53 Å². The molecule has 2 heterocycles.